The number of imide groups is 1. The summed E-state index contributed by atoms with van der Waals surface area (Å²) < 4.78 is 21.1. The third-order valence-electron chi connectivity index (χ3n) is 4.81. The third-order valence-corrected chi connectivity index (χ3v) is 4.81. The number of piperidine rings is 1. The Morgan fingerprint density at radius 1 is 1.17 bits per heavy atom. The molecule has 7 heteroatoms. The Labute approximate surface area is 171 Å². The molecule has 1 aromatic carbocycles. The highest BCUT2D eigenvalue weighted by Crippen LogP contribution is 2.29. The van der Waals surface area contributed by atoms with Crippen LogP contribution in [0.1, 0.15) is 18.4 Å². The van der Waals surface area contributed by atoms with E-state index in [1.165, 1.54) is 4.90 Å². The Hall–Kier alpha value is -2.64. The topological polar surface area (TPSA) is 74.3 Å². The van der Waals surface area contributed by atoms with E-state index >= 15 is 0 Å². The zero-order valence-corrected chi connectivity index (χ0v) is 17.1. The molecule has 1 fully saturated rings. The summed E-state index contributed by atoms with van der Waals surface area (Å²) in [4.78, 5) is 26.1. The number of carbonyl (C=O) groups is 2. The van der Waals surface area contributed by atoms with Crippen molar-refractivity contribution >= 4 is 11.8 Å². The van der Waals surface area contributed by atoms with Crippen molar-refractivity contribution in [3.05, 3.63) is 48.6 Å². The molecule has 0 radical (unpaired) electrons. The van der Waals surface area contributed by atoms with Crippen LogP contribution >= 0.6 is 0 Å². The maximum Gasteiger partial charge on any atom is 0.229 e. The van der Waals surface area contributed by atoms with Crippen LogP contribution in [0.3, 0.4) is 0 Å². The molecule has 1 heterocycles. The van der Waals surface area contributed by atoms with Gasteiger partial charge in [-0.3, -0.25) is 14.5 Å². The van der Waals surface area contributed by atoms with Crippen LogP contribution < -0.4 is 9.47 Å². The maximum absolute atomic E-state index is 12.4. The monoisotopic (exact) mass is 403 g/mol. The van der Waals surface area contributed by atoms with Crippen molar-refractivity contribution in [1.82, 2.24) is 4.90 Å². The smallest absolute Gasteiger partial charge is 0.229 e. The van der Waals surface area contributed by atoms with Gasteiger partial charge in [-0.25, -0.2) is 0 Å². The summed E-state index contributed by atoms with van der Waals surface area (Å²) in [6.45, 7) is 8.88. The van der Waals surface area contributed by atoms with Gasteiger partial charge in [0.15, 0.2) is 18.3 Å². The molecule has 2 amide bonds. The van der Waals surface area contributed by atoms with Crippen molar-refractivity contribution < 1.29 is 28.5 Å². The SMILES string of the molecule is C=CC(=C)C1CC(=O)N(CCc2ccc(OCOCCOC)c(OC)c2)C(=O)C1. The van der Waals surface area contributed by atoms with E-state index in [-0.39, 0.29) is 37.4 Å². The van der Waals surface area contributed by atoms with Crippen molar-refractivity contribution in [3.8, 4) is 11.5 Å². The number of allylic oxidation sites excluding steroid dienone is 2. The van der Waals surface area contributed by atoms with Crippen LogP contribution in [0.15, 0.2) is 43.0 Å². The number of carbonyl (C=O) groups excluding carboxylic acids is 2. The minimum absolute atomic E-state index is 0.0903. The first-order chi connectivity index (χ1) is 14.0. The van der Waals surface area contributed by atoms with Gasteiger partial charge in [0.2, 0.25) is 11.8 Å². The van der Waals surface area contributed by atoms with Crippen LogP contribution in [0.4, 0.5) is 0 Å². The van der Waals surface area contributed by atoms with E-state index in [9.17, 15) is 9.59 Å². The number of hydrogen-bond acceptors (Lipinski definition) is 6. The first-order valence-corrected chi connectivity index (χ1v) is 9.51. The van der Waals surface area contributed by atoms with Gasteiger partial charge in [0, 0.05) is 32.4 Å². The van der Waals surface area contributed by atoms with Crippen LogP contribution in [0.2, 0.25) is 0 Å². The van der Waals surface area contributed by atoms with Gasteiger partial charge in [-0.05, 0) is 24.1 Å². The molecule has 0 spiro atoms. The fourth-order valence-electron chi connectivity index (χ4n) is 3.07. The molecule has 158 valence electrons. The standard InChI is InChI=1S/C22H29NO6/c1-5-16(2)18-13-21(24)23(22(25)14-18)9-8-17-6-7-19(20(12-17)27-4)29-15-28-11-10-26-3/h5-7,12,18H,1-2,8-11,13-15H2,3-4H3. The van der Waals surface area contributed by atoms with Gasteiger partial charge in [0.05, 0.1) is 20.3 Å². The minimum atomic E-state index is -0.172. The van der Waals surface area contributed by atoms with Gasteiger partial charge in [0.25, 0.3) is 0 Å². The second-order valence-electron chi connectivity index (χ2n) is 6.72. The molecule has 1 saturated heterocycles. The third kappa shape index (κ3) is 6.44. The molecular formula is C22H29NO6. The first-order valence-electron chi connectivity index (χ1n) is 9.51. The van der Waals surface area contributed by atoms with Crippen molar-refractivity contribution in [1.29, 1.82) is 0 Å². The molecular weight excluding hydrogens is 374 g/mol. The van der Waals surface area contributed by atoms with E-state index in [0.717, 1.165) is 11.1 Å². The van der Waals surface area contributed by atoms with E-state index in [0.29, 0.717) is 37.7 Å². The van der Waals surface area contributed by atoms with Crippen LogP contribution in [-0.4, -0.2) is 57.5 Å². The average Bonchev–Trinajstić information content (AvgIpc) is 2.72. The predicted octanol–water partition coefficient (Wildman–Crippen LogP) is 2.74. The molecule has 0 bridgehead atoms. The van der Waals surface area contributed by atoms with Crippen molar-refractivity contribution in [2.75, 3.05) is 40.8 Å². The van der Waals surface area contributed by atoms with Gasteiger partial charge in [-0.2, -0.15) is 0 Å². The second-order valence-corrected chi connectivity index (χ2v) is 6.72. The lowest BCUT2D eigenvalue weighted by Gasteiger charge is -2.30. The molecule has 7 nitrogen and oxygen atoms in total. The van der Waals surface area contributed by atoms with E-state index in [4.69, 9.17) is 18.9 Å². The summed E-state index contributed by atoms with van der Waals surface area (Å²) in [7, 11) is 3.16. The summed E-state index contributed by atoms with van der Waals surface area (Å²) in [6, 6.07) is 5.51. The summed E-state index contributed by atoms with van der Waals surface area (Å²) in [5.41, 5.74) is 1.67. The minimum Gasteiger partial charge on any atom is -0.493 e. The first kappa shape index (κ1) is 22.6. The normalized spacial score (nSPS) is 14.8. The van der Waals surface area contributed by atoms with Crippen molar-refractivity contribution in [2.45, 2.75) is 19.3 Å². The number of likely N-dealkylation sites (tertiary alicyclic amines) is 1. The van der Waals surface area contributed by atoms with Gasteiger partial charge in [-0.1, -0.05) is 30.9 Å². The molecule has 2 rings (SSSR count). The lowest BCUT2D eigenvalue weighted by atomic mass is 9.89. The van der Waals surface area contributed by atoms with E-state index in [1.807, 2.05) is 12.1 Å². The Morgan fingerprint density at radius 2 is 1.90 bits per heavy atom. The lowest BCUT2D eigenvalue weighted by Crippen LogP contribution is -2.44. The number of methoxy groups -OCH3 is 2. The van der Waals surface area contributed by atoms with E-state index in [1.54, 1.807) is 26.4 Å². The molecule has 0 saturated carbocycles. The van der Waals surface area contributed by atoms with Crippen LogP contribution in [0, 0.1) is 5.92 Å². The Balaban J connectivity index is 1.91. The number of nitrogens with zero attached hydrogens (tertiary/aromatic N) is 1. The van der Waals surface area contributed by atoms with Gasteiger partial charge in [0.1, 0.15) is 0 Å². The molecule has 0 unspecified atom stereocenters. The van der Waals surface area contributed by atoms with Crippen LogP contribution in [0.5, 0.6) is 11.5 Å². The second kappa shape index (κ2) is 11.4. The maximum atomic E-state index is 12.4. The molecule has 0 N–H and O–H groups in total. The summed E-state index contributed by atoms with van der Waals surface area (Å²) in [6.07, 6.45) is 2.72. The lowest BCUT2D eigenvalue weighted by molar-refractivity contribution is -0.149. The summed E-state index contributed by atoms with van der Waals surface area (Å²) in [5.74, 6) is 0.635. The fraction of sp³-hybridized carbons (Fsp3) is 0.455. The largest absolute Gasteiger partial charge is 0.493 e. The number of hydrogen-bond donors (Lipinski definition) is 0. The molecule has 0 aliphatic carbocycles. The van der Waals surface area contributed by atoms with Gasteiger partial charge in [-0.15, -0.1) is 0 Å². The highest BCUT2D eigenvalue weighted by Gasteiger charge is 2.32. The van der Waals surface area contributed by atoms with Crippen molar-refractivity contribution in [3.63, 3.8) is 0 Å². The zero-order valence-electron chi connectivity index (χ0n) is 17.1. The number of ether oxygens (including phenoxy) is 4. The predicted molar refractivity (Wildman–Crippen MR) is 109 cm³/mol. The zero-order chi connectivity index (χ0) is 21.2. The van der Waals surface area contributed by atoms with Gasteiger partial charge >= 0.3 is 0 Å². The van der Waals surface area contributed by atoms with E-state index in [2.05, 4.69) is 13.2 Å². The molecule has 29 heavy (non-hydrogen) atoms. The average molecular weight is 403 g/mol. The summed E-state index contributed by atoms with van der Waals surface area (Å²) >= 11 is 0. The fourth-order valence-corrected chi connectivity index (χ4v) is 3.07. The summed E-state index contributed by atoms with van der Waals surface area (Å²) in [5, 5.41) is 0. The highest BCUT2D eigenvalue weighted by molar-refractivity contribution is 5.98. The highest BCUT2D eigenvalue weighted by atomic mass is 16.7. The van der Waals surface area contributed by atoms with Crippen LogP contribution in [-0.2, 0) is 25.5 Å². The molecule has 1 aliphatic rings. The van der Waals surface area contributed by atoms with E-state index < -0.39 is 0 Å². The molecule has 0 aromatic heterocycles. The Morgan fingerprint density at radius 3 is 2.52 bits per heavy atom. The molecule has 1 aromatic rings. The number of amides is 2. The molecule has 0 atom stereocenters. The van der Waals surface area contributed by atoms with Crippen LogP contribution in [0.25, 0.3) is 0 Å². The van der Waals surface area contributed by atoms with Crippen molar-refractivity contribution in [2.24, 2.45) is 5.92 Å². The quantitative estimate of drug-likeness (QED) is 0.231. The number of rotatable bonds is 12. The Bertz CT molecular complexity index is 727. The molecule has 1 aliphatic heterocycles. The Kier molecular flexibility index (Phi) is 8.89. The number of benzene rings is 1. The van der Waals surface area contributed by atoms with Gasteiger partial charge < -0.3 is 18.9 Å².